The molecule has 2 aliphatic heterocycles. The van der Waals surface area contributed by atoms with Crippen molar-refractivity contribution in [2.24, 2.45) is 0 Å². The molecule has 0 radical (unpaired) electrons. The van der Waals surface area contributed by atoms with Crippen LogP contribution >= 0.6 is 0 Å². The van der Waals surface area contributed by atoms with E-state index in [9.17, 15) is 9.59 Å². The molecule has 3 aromatic rings. The van der Waals surface area contributed by atoms with E-state index >= 15 is 4.39 Å². The summed E-state index contributed by atoms with van der Waals surface area (Å²) in [5.74, 6) is 0.00901. The summed E-state index contributed by atoms with van der Waals surface area (Å²) in [7, 11) is 0. The molecule has 1 atom stereocenters. The van der Waals surface area contributed by atoms with E-state index in [1.54, 1.807) is 40.1 Å². The summed E-state index contributed by atoms with van der Waals surface area (Å²) in [6, 6.07) is 4.93. The van der Waals surface area contributed by atoms with Crippen LogP contribution in [-0.4, -0.2) is 68.2 Å². The Bertz CT molecular complexity index is 1130. The van der Waals surface area contributed by atoms with Gasteiger partial charge in [-0.1, -0.05) is 10.4 Å². The molecule has 1 aromatic carbocycles. The van der Waals surface area contributed by atoms with Gasteiger partial charge in [0.05, 0.1) is 42.9 Å². The Morgan fingerprint density at radius 1 is 1.24 bits per heavy atom. The van der Waals surface area contributed by atoms with Gasteiger partial charge in [0.25, 0.3) is 0 Å². The van der Waals surface area contributed by atoms with Gasteiger partial charge in [-0.2, -0.15) is 0 Å². The molecule has 2 saturated heterocycles. The highest BCUT2D eigenvalue weighted by Crippen LogP contribution is 2.31. The number of anilines is 3. The van der Waals surface area contributed by atoms with Gasteiger partial charge in [0.2, 0.25) is 6.41 Å². The number of aromatic nitrogens is 6. The Hall–Kier alpha value is -4.03. The van der Waals surface area contributed by atoms with Gasteiger partial charge in [0, 0.05) is 19.3 Å². The molecule has 0 bridgehead atoms. The molecule has 2 amide bonds. The number of hydrogen-bond acceptors (Lipinski definition) is 8. The van der Waals surface area contributed by atoms with Crippen LogP contribution in [0.1, 0.15) is 18.9 Å². The van der Waals surface area contributed by atoms with E-state index in [-0.39, 0.29) is 12.1 Å². The Balaban J connectivity index is 1.21. The highest BCUT2D eigenvalue weighted by molar-refractivity contribution is 5.90. The normalized spacial score (nSPS) is 19.1. The maximum atomic E-state index is 15.0. The first-order chi connectivity index (χ1) is 16.1. The smallest absolute Gasteiger partial charge is 0.414 e. The lowest BCUT2D eigenvalue weighted by Gasteiger charge is -2.33. The third-order valence-corrected chi connectivity index (χ3v) is 5.88. The third kappa shape index (κ3) is 4.33. The Morgan fingerprint density at radius 3 is 2.82 bits per heavy atom. The van der Waals surface area contributed by atoms with Gasteiger partial charge < -0.3 is 15.0 Å². The van der Waals surface area contributed by atoms with Crippen LogP contribution < -0.4 is 15.1 Å². The lowest BCUT2D eigenvalue weighted by Crippen LogP contribution is -2.35. The number of piperidine rings is 1. The van der Waals surface area contributed by atoms with Gasteiger partial charge in [-0.05, 0) is 31.0 Å². The number of ether oxygens (including phenoxy) is 1. The van der Waals surface area contributed by atoms with Gasteiger partial charge >= 0.3 is 6.09 Å². The van der Waals surface area contributed by atoms with Crippen molar-refractivity contribution in [2.45, 2.75) is 31.5 Å². The van der Waals surface area contributed by atoms with Gasteiger partial charge in [-0.3, -0.25) is 9.69 Å². The zero-order valence-corrected chi connectivity index (χ0v) is 17.6. The fourth-order valence-corrected chi connectivity index (χ4v) is 4.24. The predicted molar refractivity (Wildman–Crippen MR) is 114 cm³/mol. The molecule has 0 spiro atoms. The topological polar surface area (TPSA) is 123 Å². The van der Waals surface area contributed by atoms with Crippen LogP contribution in [0.25, 0.3) is 0 Å². The number of carbonyl (C=O) groups is 2. The van der Waals surface area contributed by atoms with Crippen LogP contribution in [0, 0.1) is 5.82 Å². The zero-order chi connectivity index (χ0) is 22.8. The molecule has 2 fully saturated rings. The molecule has 1 N–H and O–H groups in total. The van der Waals surface area contributed by atoms with Crippen molar-refractivity contribution in [3.05, 3.63) is 42.6 Å². The number of halogens is 1. The molecule has 0 unspecified atom stereocenters. The van der Waals surface area contributed by atoms with E-state index in [1.807, 2.05) is 4.90 Å². The van der Waals surface area contributed by atoms with Crippen molar-refractivity contribution in [3.63, 3.8) is 0 Å². The van der Waals surface area contributed by atoms with Crippen molar-refractivity contribution in [3.8, 4) is 0 Å². The van der Waals surface area contributed by atoms with Gasteiger partial charge in [0.1, 0.15) is 11.9 Å². The average Bonchev–Trinajstić information content (AvgIpc) is 3.57. The van der Waals surface area contributed by atoms with Gasteiger partial charge in [0.15, 0.2) is 5.82 Å². The standard InChI is InChI=1S/C20H22FN9O3/c21-17-9-15(29-11-16(33-20(29)32)10-28-8-5-23-25-28)1-2-18(17)27-6-3-14(4-7-27)30-12-19(22-13-31)24-26-30/h1-2,5,8-9,12-14,16H,3-4,6-7,10-11H2,(H,22,31)/t16-/m0/s1. The number of nitrogens with zero attached hydrogens (tertiary/aromatic N) is 8. The number of benzene rings is 1. The molecule has 13 heteroatoms. The fraction of sp³-hybridized carbons (Fsp3) is 0.400. The number of nitrogens with one attached hydrogen (secondary N) is 1. The zero-order valence-electron chi connectivity index (χ0n) is 17.6. The van der Waals surface area contributed by atoms with Crippen LogP contribution in [0.15, 0.2) is 36.8 Å². The Labute approximate surface area is 187 Å². The molecular formula is C20H22FN9O3. The first-order valence-electron chi connectivity index (χ1n) is 10.6. The van der Waals surface area contributed by atoms with E-state index in [0.29, 0.717) is 49.8 Å². The summed E-state index contributed by atoms with van der Waals surface area (Å²) in [5.41, 5.74) is 0.945. The lowest BCUT2D eigenvalue weighted by atomic mass is 10.0. The van der Waals surface area contributed by atoms with Crippen LogP contribution in [0.5, 0.6) is 0 Å². The molecule has 4 heterocycles. The molecule has 2 aliphatic rings. The quantitative estimate of drug-likeness (QED) is 0.531. The Kier molecular flexibility index (Phi) is 5.59. The van der Waals surface area contributed by atoms with Crippen molar-refractivity contribution < 1.29 is 18.7 Å². The molecule has 2 aromatic heterocycles. The number of amides is 2. The number of rotatable bonds is 7. The average molecular weight is 455 g/mol. The number of cyclic esters (lactones) is 1. The third-order valence-electron chi connectivity index (χ3n) is 5.88. The van der Waals surface area contributed by atoms with Crippen LogP contribution in [0.2, 0.25) is 0 Å². The van der Waals surface area contributed by atoms with Crippen molar-refractivity contribution >= 4 is 29.7 Å². The molecule has 0 aliphatic carbocycles. The van der Waals surface area contributed by atoms with Crippen LogP contribution in [-0.2, 0) is 16.1 Å². The van der Waals surface area contributed by atoms with Crippen molar-refractivity contribution in [1.82, 2.24) is 30.0 Å². The second-order valence-electron chi connectivity index (χ2n) is 7.94. The molecular weight excluding hydrogens is 433 g/mol. The first kappa shape index (κ1) is 20.8. The minimum absolute atomic E-state index is 0.125. The fourth-order valence-electron chi connectivity index (χ4n) is 4.24. The predicted octanol–water partition coefficient (Wildman–Crippen LogP) is 1.44. The minimum Gasteiger partial charge on any atom is -0.442 e. The lowest BCUT2D eigenvalue weighted by molar-refractivity contribution is -0.105. The summed E-state index contributed by atoms with van der Waals surface area (Å²) >= 11 is 0. The first-order valence-corrected chi connectivity index (χ1v) is 10.6. The summed E-state index contributed by atoms with van der Waals surface area (Å²) in [4.78, 5) is 26.3. The van der Waals surface area contributed by atoms with Crippen molar-refractivity contribution in [2.75, 3.05) is 34.8 Å². The second kappa shape index (κ2) is 8.84. The van der Waals surface area contributed by atoms with Crippen molar-refractivity contribution in [1.29, 1.82) is 0 Å². The maximum absolute atomic E-state index is 15.0. The molecule has 0 saturated carbocycles. The second-order valence-corrected chi connectivity index (χ2v) is 7.94. The largest absolute Gasteiger partial charge is 0.442 e. The monoisotopic (exact) mass is 455 g/mol. The SMILES string of the molecule is O=CNc1cn(C2CCN(c3ccc(N4C[C@H](Cn5ccnn5)OC4=O)cc3F)CC2)nn1. The molecule has 172 valence electrons. The van der Waals surface area contributed by atoms with E-state index in [2.05, 4.69) is 25.9 Å². The summed E-state index contributed by atoms with van der Waals surface area (Å²) in [6.45, 7) is 1.98. The number of carbonyl (C=O) groups excluding carboxylic acids is 2. The molecule has 33 heavy (non-hydrogen) atoms. The van der Waals surface area contributed by atoms with Crippen LogP contribution in [0.3, 0.4) is 0 Å². The molecule has 5 rings (SSSR count). The van der Waals surface area contributed by atoms with E-state index in [4.69, 9.17) is 4.74 Å². The summed E-state index contributed by atoms with van der Waals surface area (Å²) in [5, 5.41) is 18.1. The summed E-state index contributed by atoms with van der Waals surface area (Å²) < 4.78 is 23.7. The van der Waals surface area contributed by atoms with Gasteiger partial charge in [-0.15, -0.1) is 10.2 Å². The number of hydrogen-bond donors (Lipinski definition) is 1. The van der Waals surface area contributed by atoms with E-state index < -0.39 is 11.9 Å². The Morgan fingerprint density at radius 2 is 2.09 bits per heavy atom. The summed E-state index contributed by atoms with van der Waals surface area (Å²) in [6.07, 6.45) is 6.11. The highest BCUT2D eigenvalue weighted by atomic mass is 19.1. The van der Waals surface area contributed by atoms with Crippen LogP contribution in [0.4, 0.5) is 26.4 Å². The highest BCUT2D eigenvalue weighted by Gasteiger charge is 2.33. The van der Waals surface area contributed by atoms with E-state index in [1.165, 1.54) is 11.0 Å². The maximum Gasteiger partial charge on any atom is 0.414 e. The minimum atomic E-state index is -0.510. The molecule has 12 nitrogen and oxygen atoms in total. The van der Waals surface area contributed by atoms with Gasteiger partial charge in [-0.25, -0.2) is 18.5 Å². The van der Waals surface area contributed by atoms with E-state index in [0.717, 1.165) is 12.8 Å².